The summed E-state index contributed by atoms with van der Waals surface area (Å²) in [6, 6.07) is 5.77. The van der Waals surface area contributed by atoms with Crippen LogP contribution in [0.4, 0.5) is 5.69 Å². The highest BCUT2D eigenvalue weighted by molar-refractivity contribution is 8.00. The second-order valence-electron chi connectivity index (χ2n) is 6.41. The topological polar surface area (TPSA) is 105 Å². The van der Waals surface area contributed by atoms with E-state index < -0.39 is 0 Å². The second kappa shape index (κ2) is 13.4. The van der Waals surface area contributed by atoms with E-state index in [0.29, 0.717) is 31.7 Å². The highest BCUT2D eigenvalue weighted by Crippen LogP contribution is 2.21. The largest absolute Gasteiger partial charge is 0.402 e. The zero-order valence-corrected chi connectivity index (χ0v) is 18.4. The van der Waals surface area contributed by atoms with E-state index in [-0.39, 0.29) is 5.91 Å². The van der Waals surface area contributed by atoms with Gasteiger partial charge >= 0.3 is 0 Å². The monoisotopic (exact) mass is 425 g/mol. The maximum atomic E-state index is 12.5. The molecule has 28 heavy (non-hydrogen) atoms. The maximum Gasteiger partial charge on any atom is 0.253 e. The normalized spacial score (nSPS) is 14.2. The van der Waals surface area contributed by atoms with Crippen molar-refractivity contribution in [3.63, 3.8) is 0 Å². The average molecular weight is 426 g/mol. The van der Waals surface area contributed by atoms with Crippen LogP contribution < -0.4 is 15.6 Å². The number of carbonyl (C=O) groups is 2. The summed E-state index contributed by atoms with van der Waals surface area (Å²) in [6.07, 6.45) is 1.97. The molecule has 156 valence electrons. The molecule has 0 spiro atoms. The molecular weight excluding hydrogens is 394 g/mol. The van der Waals surface area contributed by atoms with Gasteiger partial charge in [0, 0.05) is 54.3 Å². The fourth-order valence-electron chi connectivity index (χ4n) is 2.46. The minimum absolute atomic E-state index is 0.0430. The molecule has 5 N–H and O–H groups in total. The fourth-order valence-corrected chi connectivity index (χ4v) is 3.37. The summed E-state index contributed by atoms with van der Waals surface area (Å²) in [5.41, 5.74) is 8.75. The molecule has 1 aromatic rings. The number of nitrogens with one attached hydrogen (secondary N) is 1. The van der Waals surface area contributed by atoms with Crippen LogP contribution in [-0.2, 0) is 4.79 Å². The maximum absolute atomic E-state index is 12.5. The molecular formula is C19H31N5O2S2. The predicted molar refractivity (Wildman–Crippen MR) is 121 cm³/mol. The number of hydrogen-bond acceptors (Lipinski definition) is 7. The van der Waals surface area contributed by atoms with Crippen molar-refractivity contribution in [1.82, 2.24) is 9.80 Å². The van der Waals surface area contributed by atoms with Gasteiger partial charge in [-0.25, -0.2) is 0 Å². The Hall–Kier alpha value is -1.84. The fraction of sp³-hybridized carbons (Fsp3) is 0.474. The van der Waals surface area contributed by atoms with Crippen LogP contribution in [0.1, 0.15) is 36.2 Å². The zero-order chi connectivity index (χ0) is 20.9. The number of benzene rings is 1. The van der Waals surface area contributed by atoms with Crippen LogP contribution in [0.3, 0.4) is 0 Å². The van der Waals surface area contributed by atoms with Crippen molar-refractivity contribution in [3.8, 4) is 0 Å². The molecule has 7 nitrogen and oxygen atoms in total. The van der Waals surface area contributed by atoms with Gasteiger partial charge in [0.15, 0.2) is 0 Å². The van der Waals surface area contributed by atoms with E-state index in [2.05, 4.69) is 11.6 Å². The highest BCUT2D eigenvalue weighted by atomic mass is 32.2. The first-order chi connectivity index (χ1) is 13.4. The Morgan fingerprint density at radius 2 is 1.96 bits per heavy atom. The smallest absolute Gasteiger partial charge is 0.253 e. The molecule has 1 aliphatic rings. The first-order valence-corrected chi connectivity index (χ1v) is 11.1. The lowest BCUT2D eigenvalue weighted by Gasteiger charge is -2.32. The van der Waals surface area contributed by atoms with Crippen molar-refractivity contribution in [2.24, 2.45) is 10.9 Å². The summed E-state index contributed by atoms with van der Waals surface area (Å²) in [6.45, 7) is 8.37. The Balaban J connectivity index is 0.000000568. The van der Waals surface area contributed by atoms with Crippen molar-refractivity contribution in [2.45, 2.75) is 27.2 Å². The Kier molecular flexibility index (Phi) is 11.5. The Morgan fingerprint density at radius 3 is 2.43 bits per heavy atom. The summed E-state index contributed by atoms with van der Waals surface area (Å²) < 4.78 is 3.32. The Bertz CT molecular complexity index is 658. The number of rotatable bonds is 7. The zero-order valence-electron chi connectivity index (χ0n) is 16.8. The third-order valence-corrected chi connectivity index (χ3v) is 5.45. The van der Waals surface area contributed by atoms with Crippen LogP contribution in [0.5, 0.6) is 0 Å². The van der Waals surface area contributed by atoms with Crippen molar-refractivity contribution >= 4 is 41.9 Å². The van der Waals surface area contributed by atoms with E-state index in [1.54, 1.807) is 29.2 Å². The number of amides is 2. The van der Waals surface area contributed by atoms with Gasteiger partial charge in [0.1, 0.15) is 0 Å². The van der Waals surface area contributed by atoms with Gasteiger partial charge in [-0.15, -0.1) is 0 Å². The average Bonchev–Trinajstić information content (AvgIpc) is 2.69. The molecule has 0 atom stereocenters. The van der Waals surface area contributed by atoms with Crippen molar-refractivity contribution in [3.05, 3.63) is 40.4 Å². The van der Waals surface area contributed by atoms with Gasteiger partial charge < -0.3 is 20.3 Å². The van der Waals surface area contributed by atoms with Crippen molar-refractivity contribution < 1.29 is 9.59 Å². The summed E-state index contributed by atoms with van der Waals surface area (Å²) >= 11 is 2.80. The lowest BCUT2D eigenvalue weighted by molar-refractivity contribution is -0.119. The van der Waals surface area contributed by atoms with Crippen LogP contribution in [0.2, 0.25) is 0 Å². The number of aryl methyl sites for hydroxylation is 1. The molecule has 9 heteroatoms. The van der Waals surface area contributed by atoms with Gasteiger partial charge in [0.2, 0.25) is 6.41 Å². The number of nitrogens with zero attached hydrogens (tertiary/aromatic N) is 2. The molecule has 1 aromatic carbocycles. The molecule has 0 aromatic heterocycles. The molecule has 2 amide bonds. The molecule has 0 saturated carbocycles. The number of carbonyl (C=O) groups excluding carboxylic acids is 2. The lowest BCUT2D eigenvalue weighted by Crippen LogP contribution is -2.48. The summed E-state index contributed by atoms with van der Waals surface area (Å²) in [5, 5.41) is 6.67. The third-order valence-electron chi connectivity index (χ3n) is 3.97. The van der Waals surface area contributed by atoms with E-state index in [1.165, 1.54) is 0 Å². The van der Waals surface area contributed by atoms with Crippen LogP contribution in [0.25, 0.3) is 0 Å². The minimum atomic E-state index is 0.0430. The second-order valence-corrected chi connectivity index (χ2v) is 7.82. The molecule has 0 radical (unpaired) electrons. The SMILES string of the molecule is C/C(N)=C/SN.CCCSNc1ccc(C(=O)N2CCN(C=O)CC2)cc1C. The standard InChI is InChI=1S/C16H23N3O2S.C3H8N2S/c1-3-10-22-17-15-5-4-14(11-13(15)2)16(21)19-8-6-18(12-20)7-9-19;1-3(4)2-6-5/h4-5,11-12,17H,3,6-10H2,1-2H3;2H,4-5H2,1H3/b;3-2-. The minimum Gasteiger partial charge on any atom is -0.402 e. The summed E-state index contributed by atoms with van der Waals surface area (Å²) in [7, 11) is 0. The molecule has 1 aliphatic heterocycles. The first-order valence-electron chi connectivity index (χ1n) is 9.17. The third kappa shape index (κ3) is 8.45. The van der Waals surface area contributed by atoms with Gasteiger partial charge in [-0.1, -0.05) is 30.8 Å². The van der Waals surface area contributed by atoms with Gasteiger partial charge in [0.25, 0.3) is 5.91 Å². The van der Waals surface area contributed by atoms with Gasteiger partial charge in [0.05, 0.1) is 0 Å². The number of anilines is 1. The molecule has 0 unspecified atom stereocenters. The Labute approximate surface area is 176 Å². The molecule has 1 fully saturated rings. The van der Waals surface area contributed by atoms with E-state index in [1.807, 2.05) is 30.0 Å². The molecule has 1 heterocycles. The summed E-state index contributed by atoms with van der Waals surface area (Å²) in [4.78, 5) is 26.7. The molecule has 0 aliphatic carbocycles. The van der Waals surface area contributed by atoms with E-state index in [4.69, 9.17) is 10.9 Å². The number of allylic oxidation sites excluding steroid dienone is 1. The Morgan fingerprint density at radius 1 is 1.29 bits per heavy atom. The van der Waals surface area contributed by atoms with Crippen LogP contribution in [0, 0.1) is 6.92 Å². The molecule has 0 bridgehead atoms. The van der Waals surface area contributed by atoms with Crippen LogP contribution in [0.15, 0.2) is 29.3 Å². The summed E-state index contributed by atoms with van der Waals surface area (Å²) in [5.74, 6) is 1.10. The number of hydrogen-bond donors (Lipinski definition) is 3. The van der Waals surface area contributed by atoms with E-state index in [0.717, 1.165) is 47.5 Å². The van der Waals surface area contributed by atoms with Crippen LogP contribution in [-0.4, -0.2) is 54.0 Å². The quantitative estimate of drug-likeness (QED) is 0.350. The predicted octanol–water partition coefficient (Wildman–Crippen LogP) is 2.79. The molecule has 2 rings (SSSR count). The van der Waals surface area contributed by atoms with Crippen LogP contribution >= 0.6 is 23.9 Å². The first kappa shape index (κ1) is 24.2. The van der Waals surface area contributed by atoms with Gasteiger partial charge in [-0.3, -0.25) is 14.7 Å². The van der Waals surface area contributed by atoms with Crippen molar-refractivity contribution in [2.75, 3.05) is 36.7 Å². The van der Waals surface area contributed by atoms with E-state index >= 15 is 0 Å². The lowest BCUT2D eigenvalue weighted by atomic mass is 10.1. The van der Waals surface area contributed by atoms with Gasteiger partial charge in [-0.05, 0) is 44.0 Å². The molecule has 1 saturated heterocycles. The van der Waals surface area contributed by atoms with E-state index in [9.17, 15) is 9.59 Å². The van der Waals surface area contributed by atoms with Gasteiger partial charge in [-0.2, -0.15) is 0 Å². The van der Waals surface area contributed by atoms with Crippen molar-refractivity contribution in [1.29, 1.82) is 0 Å². The number of piperazine rings is 1. The number of nitrogens with two attached hydrogens (primary N) is 2. The highest BCUT2D eigenvalue weighted by Gasteiger charge is 2.21.